The molecule has 0 radical (unpaired) electrons. The molecule has 4 nitrogen and oxygen atoms in total. The third kappa shape index (κ3) is 2.62. The average Bonchev–Trinajstić information content (AvgIpc) is 3.10. The van der Waals surface area contributed by atoms with Crippen molar-refractivity contribution in [3.05, 3.63) is 59.1 Å². The van der Waals surface area contributed by atoms with E-state index in [4.69, 9.17) is 4.52 Å². The maximum Gasteiger partial charge on any atom is 0.277 e. The highest BCUT2D eigenvalue weighted by molar-refractivity contribution is 7.13. The van der Waals surface area contributed by atoms with E-state index in [2.05, 4.69) is 10.5 Å². The summed E-state index contributed by atoms with van der Waals surface area (Å²) in [7, 11) is 0. The van der Waals surface area contributed by atoms with Crippen LogP contribution in [0.2, 0.25) is 0 Å². The van der Waals surface area contributed by atoms with E-state index in [9.17, 15) is 4.79 Å². The van der Waals surface area contributed by atoms with Crippen molar-refractivity contribution in [2.75, 3.05) is 5.32 Å². The second kappa shape index (κ2) is 5.30. The first-order valence-corrected chi connectivity index (χ1v) is 6.99. The summed E-state index contributed by atoms with van der Waals surface area (Å²) in [6.07, 6.45) is 0. The van der Waals surface area contributed by atoms with Crippen LogP contribution in [0.25, 0.3) is 10.6 Å². The van der Waals surface area contributed by atoms with Crippen LogP contribution < -0.4 is 5.32 Å². The van der Waals surface area contributed by atoms with Gasteiger partial charge in [-0.05, 0) is 36.1 Å². The molecular formula is C15H12N2O2S. The van der Waals surface area contributed by atoms with Gasteiger partial charge in [0, 0.05) is 11.8 Å². The number of aromatic nitrogens is 1. The molecule has 0 aliphatic carbocycles. The maximum absolute atomic E-state index is 12.1. The fourth-order valence-electron chi connectivity index (χ4n) is 1.84. The highest BCUT2D eigenvalue weighted by atomic mass is 32.1. The topological polar surface area (TPSA) is 55.1 Å². The molecule has 0 saturated carbocycles. The molecule has 0 bridgehead atoms. The van der Waals surface area contributed by atoms with Crippen LogP contribution in [0.5, 0.6) is 0 Å². The Kier molecular flexibility index (Phi) is 3.35. The summed E-state index contributed by atoms with van der Waals surface area (Å²) in [5, 5.41) is 8.56. The lowest BCUT2D eigenvalue weighted by Gasteiger charge is -2.02. The molecule has 0 saturated heterocycles. The molecule has 0 aliphatic heterocycles. The molecule has 1 N–H and O–H groups in total. The van der Waals surface area contributed by atoms with E-state index in [1.165, 1.54) is 0 Å². The zero-order chi connectivity index (χ0) is 13.9. The Hall–Kier alpha value is -2.40. The summed E-state index contributed by atoms with van der Waals surface area (Å²) < 4.78 is 5.19. The van der Waals surface area contributed by atoms with Crippen molar-refractivity contribution in [2.24, 2.45) is 0 Å². The molecule has 0 spiro atoms. The summed E-state index contributed by atoms with van der Waals surface area (Å²) in [4.78, 5) is 13.0. The van der Waals surface area contributed by atoms with Gasteiger partial charge in [0.25, 0.3) is 5.91 Å². The van der Waals surface area contributed by atoms with Gasteiger partial charge in [0.15, 0.2) is 11.5 Å². The first kappa shape index (κ1) is 12.6. The van der Waals surface area contributed by atoms with Crippen LogP contribution in [-0.4, -0.2) is 11.1 Å². The van der Waals surface area contributed by atoms with Crippen molar-refractivity contribution in [3.8, 4) is 10.6 Å². The quantitative estimate of drug-likeness (QED) is 0.792. The molecule has 0 unspecified atom stereocenters. The van der Waals surface area contributed by atoms with Gasteiger partial charge >= 0.3 is 0 Å². The molecule has 2 heterocycles. The molecule has 1 aromatic carbocycles. The van der Waals surface area contributed by atoms with Gasteiger partial charge < -0.3 is 9.84 Å². The minimum absolute atomic E-state index is 0.273. The highest BCUT2D eigenvalue weighted by Gasteiger charge is 2.14. The molecule has 3 rings (SSSR count). The molecular weight excluding hydrogens is 272 g/mol. The number of carbonyl (C=O) groups excluding carboxylic acids is 1. The third-order valence-corrected chi connectivity index (χ3v) is 3.67. The van der Waals surface area contributed by atoms with E-state index >= 15 is 0 Å². The van der Waals surface area contributed by atoms with Crippen LogP contribution in [0.4, 0.5) is 5.69 Å². The predicted molar refractivity (Wildman–Crippen MR) is 78.9 cm³/mol. The Morgan fingerprint density at radius 2 is 2.15 bits per heavy atom. The lowest BCUT2D eigenvalue weighted by atomic mass is 10.2. The number of hydrogen-bond acceptors (Lipinski definition) is 4. The lowest BCUT2D eigenvalue weighted by Crippen LogP contribution is -2.12. The zero-order valence-electron chi connectivity index (χ0n) is 10.8. The Morgan fingerprint density at radius 3 is 2.90 bits per heavy atom. The minimum atomic E-state index is -0.276. The van der Waals surface area contributed by atoms with Crippen LogP contribution >= 0.6 is 11.3 Å². The van der Waals surface area contributed by atoms with E-state index in [1.54, 1.807) is 17.4 Å². The van der Waals surface area contributed by atoms with Gasteiger partial charge in [-0.3, -0.25) is 4.79 Å². The van der Waals surface area contributed by atoms with Crippen LogP contribution in [0.15, 0.2) is 52.4 Å². The lowest BCUT2D eigenvalue weighted by molar-refractivity contribution is 0.101. The Morgan fingerprint density at radius 1 is 1.25 bits per heavy atom. The number of rotatable bonds is 3. The van der Waals surface area contributed by atoms with Crippen LogP contribution in [-0.2, 0) is 0 Å². The molecule has 1 amide bonds. The van der Waals surface area contributed by atoms with Gasteiger partial charge in [0.1, 0.15) is 0 Å². The van der Waals surface area contributed by atoms with E-state index in [-0.39, 0.29) is 11.6 Å². The van der Waals surface area contributed by atoms with Crippen LogP contribution in [0.1, 0.15) is 16.1 Å². The standard InChI is InChI=1S/C15H12N2O2S/c1-10-4-2-5-11(8-10)16-15(18)12-9-13(19-17-12)14-6-3-7-20-14/h2-9H,1H3,(H,16,18). The summed E-state index contributed by atoms with van der Waals surface area (Å²) in [6, 6.07) is 13.1. The van der Waals surface area contributed by atoms with Gasteiger partial charge in [0.2, 0.25) is 0 Å². The Bertz CT molecular complexity index is 732. The summed E-state index contributed by atoms with van der Waals surface area (Å²) in [6.45, 7) is 1.97. The van der Waals surface area contributed by atoms with Gasteiger partial charge in [-0.25, -0.2) is 0 Å². The Balaban J connectivity index is 1.78. The van der Waals surface area contributed by atoms with Crippen molar-refractivity contribution in [2.45, 2.75) is 6.92 Å². The second-order valence-electron chi connectivity index (χ2n) is 4.38. The molecule has 0 aliphatic rings. The molecule has 0 fully saturated rings. The van der Waals surface area contributed by atoms with E-state index < -0.39 is 0 Å². The molecule has 20 heavy (non-hydrogen) atoms. The third-order valence-electron chi connectivity index (χ3n) is 2.78. The molecule has 100 valence electrons. The molecule has 0 atom stereocenters. The van der Waals surface area contributed by atoms with E-state index in [0.29, 0.717) is 5.76 Å². The Labute approximate surface area is 120 Å². The summed E-state index contributed by atoms with van der Waals surface area (Å²) in [5.74, 6) is 0.330. The van der Waals surface area contributed by atoms with E-state index in [0.717, 1.165) is 16.1 Å². The SMILES string of the molecule is Cc1cccc(NC(=O)c2cc(-c3cccs3)on2)c1. The zero-order valence-corrected chi connectivity index (χ0v) is 11.6. The number of nitrogens with one attached hydrogen (secondary N) is 1. The minimum Gasteiger partial charge on any atom is -0.355 e. The largest absolute Gasteiger partial charge is 0.355 e. The van der Waals surface area contributed by atoms with Gasteiger partial charge in [-0.2, -0.15) is 0 Å². The number of anilines is 1. The van der Waals surface area contributed by atoms with E-state index in [1.807, 2.05) is 48.7 Å². The van der Waals surface area contributed by atoms with Gasteiger partial charge in [-0.15, -0.1) is 11.3 Å². The van der Waals surface area contributed by atoms with Crippen molar-refractivity contribution in [3.63, 3.8) is 0 Å². The summed E-state index contributed by atoms with van der Waals surface area (Å²) >= 11 is 1.54. The summed E-state index contributed by atoms with van der Waals surface area (Å²) in [5.41, 5.74) is 2.10. The van der Waals surface area contributed by atoms with Gasteiger partial charge in [-0.1, -0.05) is 23.4 Å². The number of thiophene rings is 1. The number of benzene rings is 1. The molecule has 2 aromatic heterocycles. The number of nitrogens with zero attached hydrogens (tertiary/aromatic N) is 1. The molecule has 5 heteroatoms. The number of amides is 1. The number of carbonyl (C=O) groups is 1. The average molecular weight is 284 g/mol. The number of aryl methyl sites for hydroxylation is 1. The van der Waals surface area contributed by atoms with Crippen LogP contribution in [0.3, 0.4) is 0 Å². The monoisotopic (exact) mass is 284 g/mol. The van der Waals surface area contributed by atoms with Crippen molar-refractivity contribution in [1.82, 2.24) is 5.16 Å². The fourth-order valence-corrected chi connectivity index (χ4v) is 2.51. The van der Waals surface area contributed by atoms with Crippen molar-refractivity contribution >= 4 is 22.9 Å². The highest BCUT2D eigenvalue weighted by Crippen LogP contribution is 2.25. The number of hydrogen-bond donors (Lipinski definition) is 1. The predicted octanol–water partition coefficient (Wildman–Crippen LogP) is 3.96. The first-order valence-electron chi connectivity index (χ1n) is 6.11. The maximum atomic E-state index is 12.1. The van der Waals surface area contributed by atoms with Crippen LogP contribution in [0, 0.1) is 6.92 Å². The normalized spacial score (nSPS) is 10.4. The smallest absolute Gasteiger partial charge is 0.277 e. The second-order valence-corrected chi connectivity index (χ2v) is 5.33. The fraction of sp³-hybridized carbons (Fsp3) is 0.0667. The molecule has 3 aromatic rings. The first-order chi connectivity index (χ1) is 9.72. The van der Waals surface area contributed by atoms with Crippen molar-refractivity contribution < 1.29 is 9.32 Å². The van der Waals surface area contributed by atoms with Crippen molar-refractivity contribution in [1.29, 1.82) is 0 Å². The van der Waals surface area contributed by atoms with Gasteiger partial charge in [0.05, 0.1) is 4.88 Å².